The van der Waals surface area contributed by atoms with Crippen molar-refractivity contribution in [2.24, 2.45) is 0 Å². The van der Waals surface area contributed by atoms with Gasteiger partial charge in [-0.1, -0.05) is 18.2 Å². The summed E-state index contributed by atoms with van der Waals surface area (Å²) in [5.74, 6) is 0.117. The van der Waals surface area contributed by atoms with Crippen molar-refractivity contribution in [3.05, 3.63) is 29.8 Å². The number of carbonyl (C=O) groups is 1. The van der Waals surface area contributed by atoms with E-state index in [1.165, 1.54) is 0 Å². The molecule has 0 saturated heterocycles. The Morgan fingerprint density at radius 3 is 2.71 bits per heavy atom. The molecule has 14 heavy (non-hydrogen) atoms. The van der Waals surface area contributed by atoms with E-state index in [1.54, 1.807) is 18.7 Å². The summed E-state index contributed by atoms with van der Waals surface area (Å²) < 4.78 is 0. The van der Waals surface area contributed by atoms with Crippen molar-refractivity contribution in [1.29, 1.82) is 0 Å². The lowest BCUT2D eigenvalue weighted by Crippen LogP contribution is -1.91. The van der Waals surface area contributed by atoms with E-state index in [0.29, 0.717) is 0 Å². The average Bonchev–Trinajstić information content (AvgIpc) is 2.55. The highest BCUT2D eigenvalue weighted by Crippen LogP contribution is 2.28. The molecule has 3 heteroatoms. The third kappa shape index (κ3) is 1.34. The molecular formula is C11H11NOS. The van der Waals surface area contributed by atoms with Gasteiger partial charge in [0.05, 0.1) is 10.6 Å². The van der Waals surface area contributed by atoms with Gasteiger partial charge in [0.25, 0.3) is 0 Å². The van der Waals surface area contributed by atoms with Crippen molar-refractivity contribution in [2.75, 3.05) is 6.26 Å². The molecule has 0 amide bonds. The van der Waals surface area contributed by atoms with Crippen LogP contribution in [-0.2, 0) is 0 Å². The first-order valence-corrected chi connectivity index (χ1v) is 5.62. The number of aromatic amines is 1. The second kappa shape index (κ2) is 3.50. The molecule has 0 aliphatic rings. The van der Waals surface area contributed by atoms with Crippen LogP contribution in [0.3, 0.4) is 0 Å². The topological polar surface area (TPSA) is 32.9 Å². The molecule has 2 aromatic rings. The second-order valence-electron chi connectivity index (χ2n) is 3.14. The van der Waals surface area contributed by atoms with Crippen LogP contribution in [0.1, 0.15) is 17.3 Å². The van der Waals surface area contributed by atoms with Crippen LogP contribution in [0.25, 0.3) is 10.9 Å². The number of thioether (sulfide) groups is 1. The van der Waals surface area contributed by atoms with Crippen LogP contribution in [0.4, 0.5) is 0 Å². The number of fused-ring (bicyclic) bond motifs is 1. The molecule has 0 fully saturated rings. The molecule has 1 heterocycles. The van der Waals surface area contributed by atoms with E-state index in [2.05, 4.69) is 4.98 Å². The Labute approximate surface area is 86.7 Å². The Hall–Kier alpha value is -1.22. The number of nitrogens with one attached hydrogen (secondary N) is 1. The lowest BCUT2D eigenvalue weighted by atomic mass is 10.1. The fourth-order valence-electron chi connectivity index (χ4n) is 1.62. The van der Waals surface area contributed by atoms with Crippen LogP contribution in [0.15, 0.2) is 29.3 Å². The average molecular weight is 205 g/mol. The molecule has 0 aliphatic heterocycles. The van der Waals surface area contributed by atoms with Crippen molar-refractivity contribution in [3.8, 4) is 0 Å². The third-order valence-electron chi connectivity index (χ3n) is 2.23. The summed E-state index contributed by atoms with van der Waals surface area (Å²) in [4.78, 5) is 14.7. The number of ketones is 1. The van der Waals surface area contributed by atoms with E-state index in [9.17, 15) is 4.79 Å². The predicted octanol–water partition coefficient (Wildman–Crippen LogP) is 3.09. The van der Waals surface area contributed by atoms with Crippen molar-refractivity contribution in [1.82, 2.24) is 4.98 Å². The Morgan fingerprint density at radius 2 is 2.07 bits per heavy atom. The smallest absolute Gasteiger partial charge is 0.163 e. The summed E-state index contributed by atoms with van der Waals surface area (Å²) in [7, 11) is 0. The molecule has 2 nitrogen and oxygen atoms in total. The number of hydrogen-bond acceptors (Lipinski definition) is 2. The van der Waals surface area contributed by atoms with Crippen LogP contribution in [-0.4, -0.2) is 17.0 Å². The zero-order chi connectivity index (χ0) is 10.1. The maximum absolute atomic E-state index is 11.5. The molecule has 1 N–H and O–H groups in total. The Bertz CT molecular complexity index is 487. The number of H-pyrrole nitrogens is 1. The van der Waals surface area contributed by atoms with Gasteiger partial charge in [-0.2, -0.15) is 0 Å². The highest BCUT2D eigenvalue weighted by atomic mass is 32.2. The number of carbonyl (C=O) groups excluding carboxylic acids is 1. The number of rotatable bonds is 2. The molecule has 0 radical (unpaired) electrons. The van der Waals surface area contributed by atoms with E-state index in [4.69, 9.17) is 0 Å². The van der Waals surface area contributed by atoms with Gasteiger partial charge in [0, 0.05) is 10.9 Å². The largest absolute Gasteiger partial charge is 0.349 e. The molecule has 0 aliphatic carbocycles. The van der Waals surface area contributed by atoms with Crippen LogP contribution in [0, 0.1) is 0 Å². The summed E-state index contributed by atoms with van der Waals surface area (Å²) in [5, 5.41) is 1.98. The number of Topliss-reactive ketones (excluding diaryl/α,β-unsaturated/α-hetero) is 1. The summed E-state index contributed by atoms with van der Waals surface area (Å²) >= 11 is 1.57. The van der Waals surface area contributed by atoms with Crippen LogP contribution >= 0.6 is 11.8 Å². The van der Waals surface area contributed by atoms with Gasteiger partial charge in [0.15, 0.2) is 5.78 Å². The van der Waals surface area contributed by atoms with E-state index in [1.807, 2.05) is 30.5 Å². The number of benzene rings is 1. The van der Waals surface area contributed by atoms with Gasteiger partial charge < -0.3 is 4.98 Å². The zero-order valence-electron chi connectivity index (χ0n) is 8.13. The highest BCUT2D eigenvalue weighted by Gasteiger charge is 2.13. The van der Waals surface area contributed by atoms with Crippen LogP contribution in [0.5, 0.6) is 0 Å². The summed E-state index contributed by atoms with van der Waals surface area (Å²) in [5.41, 5.74) is 1.84. The normalized spacial score (nSPS) is 10.7. The highest BCUT2D eigenvalue weighted by molar-refractivity contribution is 7.98. The maximum Gasteiger partial charge on any atom is 0.163 e. The van der Waals surface area contributed by atoms with Crippen molar-refractivity contribution in [3.63, 3.8) is 0 Å². The second-order valence-corrected chi connectivity index (χ2v) is 3.95. The van der Waals surface area contributed by atoms with Gasteiger partial charge in [-0.3, -0.25) is 4.79 Å². The fourth-order valence-corrected chi connectivity index (χ4v) is 2.29. The van der Waals surface area contributed by atoms with E-state index in [0.717, 1.165) is 21.5 Å². The first-order chi connectivity index (χ1) is 6.74. The van der Waals surface area contributed by atoms with Gasteiger partial charge in [0.2, 0.25) is 0 Å². The molecule has 0 saturated carbocycles. The zero-order valence-corrected chi connectivity index (χ0v) is 8.94. The van der Waals surface area contributed by atoms with Gasteiger partial charge >= 0.3 is 0 Å². The Balaban J connectivity index is 2.81. The number of para-hydroxylation sites is 1. The summed E-state index contributed by atoms with van der Waals surface area (Å²) in [6.07, 6.45) is 1.97. The quantitative estimate of drug-likeness (QED) is 0.603. The molecule has 0 bridgehead atoms. The summed E-state index contributed by atoms with van der Waals surface area (Å²) in [6, 6.07) is 7.88. The Morgan fingerprint density at radius 1 is 1.36 bits per heavy atom. The summed E-state index contributed by atoms with van der Waals surface area (Å²) in [6.45, 7) is 1.61. The Kier molecular flexibility index (Phi) is 2.33. The van der Waals surface area contributed by atoms with E-state index in [-0.39, 0.29) is 5.78 Å². The monoisotopic (exact) mass is 205 g/mol. The molecule has 72 valence electrons. The van der Waals surface area contributed by atoms with E-state index < -0.39 is 0 Å². The minimum absolute atomic E-state index is 0.117. The SMILES string of the molecule is CSc1[nH]c2ccccc2c1C(C)=O. The van der Waals surface area contributed by atoms with Gasteiger partial charge in [0.1, 0.15) is 0 Å². The number of aromatic nitrogens is 1. The van der Waals surface area contributed by atoms with Gasteiger partial charge in [-0.25, -0.2) is 0 Å². The van der Waals surface area contributed by atoms with E-state index >= 15 is 0 Å². The lowest BCUT2D eigenvalue weighted by Gasteiger charge is -1.95. The van der Waals surface area contributed by atoms with Crippen molar-refractivity contribution >= 4 is 28.4 Å². The molecule has 1 aromatic heterocycles. The number of hydrogen-bond donors (Lipinski definition) is 1. The lowest BCUT2D eigenvalue weighted by molar-refractivity contribution is 0.101. The third-order valence-corrected chi connectivity index (χ3v) is 2.94. The fraction of sp³-hybridized carbons (Fsp3) is 0.182. The van der Waals surface area contributed by atoms with Crippen LogP contribution < -0.4 is 0 Å². The standard InChI is InChI=1S/C11H11NOS/c1-7(13)10-8-5-3-4-6-9(8)12-11(10)14-2/h3-6,12H,1-2H3. The molecule has 0 spiro atoms. The van der Waals surface area contributed by atoms with Crippen molar-refractivity contribution < 1.29 is 4.79 Å². The van der Waals surface area contributed by atoms with Crippen molar-refractivity contribution in [2.45, 2.75) is 11.9 Å². The minimum Gasteiger partial charge on any atom is -0.349 e. The minimum atomic E-state index is 0.117. The molecule has 0 atom stereocenters. The van der Waals surface area contributed by atoms with Gasteiger partial charge in [-0.15, -0.1) is 11.8 Å². The van der Waals surface area contributed by atoms with Crippen LogP contribution in [0.2, 0.25) is 0 Å². The molecule has 2 rings (SSSR count). The maximum atomic E-state index is 11.5. The first-order valence-electron chi connectivity index (χ1n) is 4.39. The molecular weight excluding hydrogens is 194 g/mol. The molecule has 1 aromatic carbocycles. The first kappa shape index (κ1) is 9.34. The predicted molar refractivity (Wildman–Crippen MR) is 60.1 cm³/mol. The molecule has 0 unspecified atom stereocenters. The van der Waals surface area contributed by atoms with Gasteiger partial charge in [-0.05, 0) is 19.2 Å².